The van der Waals surface area contributed by atoms with E-state index in [1.54, 1.807) is 0 Å². The summed E-state index contributed by atoms with van der Waals surface area (Å²) in [5, 5.41) is 16.7. The zero-order valence-corrected chi connectivity index (χ0v) is 11.8. The van der Waals surface area contributed by atoms with E-state index in [1.165, 1.54) is 0 Å². The summed E-state index contributed by atoms with van der Waals surface area (Å²) in [5.41, 5.74) is 0. The van der Waals surface area contributed by atoms with Gasteiger partial charge in [-0.15, -0.1) is 0 Å². The molecule has 0 saturated heterocycles. The molecular weight excluding hydrogens is 243 g/mol. The number of phosphoric ester groups is 1. The van der Waals surface area contributed by atoms with Crippen LogP contribution in [0.1, 0.15) is 5.71 Å². The minimum absolute atomic E-state index is 0. The molecule has 4 N–H and O–H groups in total. The fourth-order valence-electron chi connectivity index (χ4n) is 0.236. The van der Waals surface area contributed by atoms with E-state index in [0.29, 0.717) is 0 Å². The van der Waals surface area contributed by atoms with Crippen molar-refractivity contribution in [3.63, 3.8) is 0 Å². The standard InChI is InChI=1S/C3H9O6P.2Ca.4H/c4-1-3(5)2-9-10(6,7)8;;;;;;/h3-5H,1-2H2,(H2,6,7,8);;;;;;/q;2*+2;4*-1. The molecule has 0 aliphatic rings. The SMILES string of the molecule is O=P(O)(O)OCC(O)CO.[Ca+2].[Ca+2].[H-].[H-].[H-].[H-]. The third-order valence-electron chi connectivity index (χ3n) is 0.646. The molecular formula is C3H13Ca2O6P. The third-order valence-corrected chi connectivity index (χ3v) is 1.13. The van der Waals surface area contributed by atoms with Crippen molar-refractivity contribution in [2.75, 3.05) is 13.2 Å². The second-order valence-corrected chi connectivity index (χ2v) is 2.86. The van der Waals surface area contributed by atoms with Crippen molar-refractivity contribution in [1.29, 1.82) is 0 Å². The van der Waals surface area contributed by atoms with Crippen LogP contribution in [0.3, 0.4) is 0 Å². The summed E-state index contributed by atoms with van der Waals surface area (Å²) in [5.74, 6) is 0. The first-order valence-corrected chi connectivity index (χ1v) is 3.98. The van der Waals surface area contributed by atoms with Crippen LogP contribution in [0.25, 0.3) is 0 Å². The number of phosphoric acid groups is 1. The predicted molar refractivity (Wildman–Crippen MR) is 47.0 cm³/mol. The summed E-state index contributed by atoms with van der Waals surface area (Å²) in [4.78, 5) is 16.1. The summed E-state index contributed by atoms with van der Waals surface area (Å²) in [6, 6.07) is 0. The van der Waals surface area contributed by atoms with Crippen molar-refractivity contribution in [2.45, 2.75) is 6.10 Å². The molecule has 9 heteroatoms. The first kappa shape index (κ1) is 20.0. The Labute approximate surface area is 135 Å². The summed E-state index contributed by atoms with van der Waals surface area (Å²) in [6.45, 7) is -1.15. The van der Waals surface area contributed by atoms with Gasteiger partial charge in [-0.05, 0) is 0 Å². The molecule has 12 heavy (non-hydrogen) atoms. The minimum Gasteiger partial charge on any atom is -1.00 e. The molecule has 0 heterocycles. The molecule has 0 radical (unpaired) electrons. The molecule has 1 unspecified atom stereocenters. The molecule has 70 valence electrons. The molecule has 6 nitrogen and oxygen atoms in total. The molecule has 0 aliphatic carbocycles. The van der Waals surface area contributed by atoms with Crippen molar-refractivity contribution >= 4 is 83.3 Å². The van der Waals surface area contributed by atoms with E-state index in [9.17, 15) is 4.57 Å². The molecule has 0 aromatic carbocycles. The van der Waals surface area contributed by atoms with E-state index in [-0.39, 0.29) is 81.2 Å². The largest absolute Gasteiger partial charge is 2.00 e. The minimum atomic E-state index is -4.50. The Balaban J connectivity index is -0.0000000270. The second kappa shape index (κ2) is 10.1. The van der Waals surface area contributed by atoms with Gasteiger partial charge in [-0.1, -0.05) is 0 Å². The number of hydrogen-bond donors (Lipinski definition) is 4. The normalized spacial score (nSPS) is 12.7. The maximum absolute atomic E-state index is 9.93. The van der Waals surface area contributed by atoms with Crippen LogP contribution in [0, 0.1) is 0 Å². The van der Waals surface area contributed by atoms with Gasteiger partial charge in [0.05, 0.1) is 13.2 Å². The Morgan fingerprint density at radius 1 is 1.42 bits per heavy atom. The summed E-state index contributed by atoms with van der Waals surface area (Å²) in [7, 11) is -4.50. The molecule has 0 amide bonds. The summed E-state index contributed by atoms with van der Waals surface area (Å²) < 4.78 is 13.8. The molecule has 0 bridgehead atoms. The summed E-state index contributed by atoms with van der Waals surface area (Å²) >= 11 is 0. The number of aliphatic hydroxyl groups is 2. The van der Waals surface area contributed by atoms with Gasteiger partial charge >= 0.3 is 83.3 Å². The Morgan fingerprint density at radius 3 is 2.08 bits per heavy atom. The number of hydrogen-bond acceptors (Lipinski definition) is 4. The van der Waals surface area contributed by atoms with Crippen LogP contribution in [-0.2, 0) is 9.09 Å². The van der Waals surface area contributed by atoms with Crippen LogP contribution < -0.4 is 0 Å². The van der Waals surface area contributed by atoms with Crippen molar-refractivity contribution in [3.05, 3.63) is 0 Å². The van der Waals surface area contributed by atoms with Crippen LogP contribution >= 0.6 is 7.82 Å². The van der Waals surface area contributed by atoms with Crippen LogP contribution in [0.15, 0.2) is 0 Å². The molecule has 0 fully saturated rings. The maximum Gasteiger partial charge on any atom is 2.00 e. The van der Waals surface area contributed by atoms with Gasteiger partial charge in [0.15, 0.2) is 0 Å². The van der Waals surface area contributed by atoms with E-state index >= 15 is 0 Å². The number of rotatable bonds is 4. The fourth-order valence-corrected chi connectivity index (χ4v) is 0.602. The Kier molecular flexibility index (Phi) is 16.8. The molecule has 0 saturated carbocycles. The fraction of sp³-hybridized carbons (Fsp3) is 1.00. The molecule has 1 atom stereocenters. The topological polar surface area (TPSA) is 107 Å². The quantitative estimate of drug-likeness (QED) is 0.347. The van der Waals surface area contributed by atoms with Crippen molar-refractivity contribution in [2.24, 2.45) is 0 Å². The monoisotopic (exact) mass is 256 g/mol. The van der Waals surface area contributed by atoms with Gasteiger partial charge in [0, 0.05) is 0 Å². The maximum atomic E-state index is 9.93. The van der Waals surface area contributed by atoms with Gasteiger partial charge in [-0.2, -0.15) is 0 Å². The second-order valence-electron chi connectivity index (χ2n) is 1.62. The third kappa shape index (κ3) is 15.0. The average molecular weight is 256 g/mol. The molecule has 0 rings (SSSR count). The van der Waals surface area contributed by atoms with E-state index in [2.05, 4.69) is 4.52 Å². The number of aliphatic hydroxyl groups excluding tert-OH is 2. The zero-order chi connectivity index (χ0) is 8.20. The summed E-state index contributed by atoms with van der Waals surface area (Å²) in [6.07, 6.45) is -1.24. The van der Waals surface area contributed by atoms with Gasteiger partial charge in [0.25, 0.3) is 0 Å². The van der Waals surface area contributed by atoms with Gasteiger partial charge in [0.1, 0.15) is 6.10 Å². The average Bonchev–Trinajstić information content (AvgIpc) is 1.81. The van der Waals surface area contributed by atoms with Crippen molar-refractivity contribution in [3.8, 4) is 0 Å². The Hall–Kier alpha value is 2.55. The van der Waals surface area contributed by atoms with Gasteiger partial charge in [0.2, 0.25) is 0 Å². The molecule has 0 aliphatic heterocycles. The van der Waals surface area contributed by atoms with E-state index in [1.807, 2.05) is 0 Å². The van der Waals surface area contributed by atoms with E-state index in [4.69, 9.17) is 20.0 Å². The first-order chi connectivity index (χ1) is 4.45. The Bertz CT molecular complexity index is 150. The molecule has 0 aromatic rings. The smallest absolute Gasteiger partial charge is 1.00 e. The van der Waals surface area contributed by atoms with E-state index in [0.717, 1.165) is 0 Å². The Morgan fingerprint density at radius 2 is 1.83 bits per heavy atom. The van der Waals surface area contributed by atoms with Crippen LogP contribution in [-0.4, -0.2) is 115 Å². The van der Waals surface area contributed by atoms with Crippen molar-refractivity contribution in [1.82, 2.24) is 0 Å². The van der Waals surface area contributed by atoms with Gasteiger partial charge in [-0.3, -0.25) is 4.52 Å². The zero-order valence-electron chi connectivity index (χ0n) is 10.5. The molecule has 0 spiro atoms. The predicted octanol–water partition coefficient (Wildman–Crippen LogP) is -1.86. The van der Waals surface area contributed by atoms with Crippen LogP contribution in [0.2, 0.25) is 0 Å². The van der Waals surface area contributed by atoms with E-state index < -0.39 is 27.1 Å². The van der Waals surface area contributed by atoms with Crippen LogP contribution in [0.4, 0.5) is 0 Å². The van der Waals surface area contributed by atoms with Crippen molar-refractivity contribution < 1.29 is 34.8 Å². The van der Waals surface area contributed by atoms with Crippen LogP contribution in [0.5, 0.6) is 0 Å². The first-order valence-electron chi connectivity index (χ1n) is 2.44. The van der Waals surface area contributed by atoms with Gasteiger partial charge in [-0.25, -0.2) is 4.57 Å². The molecule has 0 aromatic heterocycles. The van der Waals surface area contributed by atoms with Gasteiger partial charge < -0.3 is 25.7 Å².